The summed E-state index contributed by atoms with van der Waals surface area (Å²) in [6.45, 7) is 0.768. The molecule has 6 nitrogen and oxygen atoms in total. The van der Waals surface area contributed by atoms with E-state index in [9.17, 15) is 21.6 Å². The maximum absolute atomic E-state index is 13.2. The van der Waals surface area contributed by atoms with Gasteiger partial charge in [0.05, 0.1) is 4.90 Å². The van der Waals surface area contributed by atoms with E-state index < -0.39 is 21.9 Å². The smallest absolute Gasteiger partial charge is 0.354 e. The molecular weight excluding hydrogens is 405 g/mol. The molecule has 0 atom stereocenters. The Morgan fingerprint density at radius 1 is 0.897 bits per heavy atom. The number of rotatable bonds is 3. The minimum Gasteiger partial charge on any atom is -0.354 e. The van der Waals surface area contributed by atoms with Crippen molar-refractivity contribution in [1.29, 1.82) is 0 Å². The number of hydrogen-bond donors (Lipinski definition) is 0. The fraction of sp³-hybridized carbons (Fsp3) is 0.263. The maximum Gasteiger partial charge on any atom is 0.433 e. The highest BCUT2D eigenvalue weighted by Gasteiger charge is 2.34. The van der Waals surface area contributed by atoms with E-state index in [1.54, 1.807) is 29.2 Å². The van der Waals surface area contributed by atoms with Crippen LogP contribution in [-0.4, -0.2) is 48.9 Å². The summed E-state index contributed by atoms with van der Waals surface area (Å²) < 4.78 is 66.3. The van der Waals surface area contributed by atoms with E-state index in [0.29, 0.717) is 5.39 Å². The average molecular weight is 422 g/mol. The first kappa shape index (κ1) is 19.6. The van der Waals surface area contributed by atoms with Crippen LogP contribution in [-0.2, 0) is 16.2 Å². The Labute approximate surface area is 165 Å². The topological polar surface area (TPSA) is 66.4 Å². The Kier molecular flexibility index (Phi) is 4.91. The molecule has 4 rings (SSSR count). The van der Waals surface area contributed by atoms with Crippen LogP contribution in [0.25, 0.3) is 10.8 Å². The molecular formula is C19H17F3N4O2S. The van der Waals surface area contributed by atoms with Crippen molar-refractivity contribution in [3.8, 4) is 0 Å². The third-order valence-corrected chi connectivity index (χ3v) is 6.83. The third kappa shape index (κ3) is 3.77. The van der Waals surface area contributed by atoms with Crippen molar-refractivity contribution in [3.05, 3.63) is 60.6 Å². The molecule has 1 aliphatic heterocycles. The molecule has 0 aliphatic carbocycles. The van der Waals surface area contributed by atoms with Gasteiger partial charge in [0.15, 0.2) is 0 Å². The minimum absolute atomic E-state index is 0.134. The lowest BCUT2D eigenvalue weighted by Crippen LogP contribution is -2.49. The number of aromatic nitrogens is 2. The van der Waals surface area contributed by atoms with Gasteiger partial charge in [-0.15, -0.1) is 0 Å². The zero-order chi connectivity index (χ0) is 20.6. The van der Waals surface area contributed by atoms with Gasteiger partial charge in [0, 0.05) is 37.6 Å². The fourth-order valence-electron chi connectivity index (χ4n) is 3.39. The van der Waals surface area contributed by atoms with E-state index >= 15 is 0 Å². The monoisotopic (exact) mass is 422 g/mol. The number of sulfonamides is 1. The minimum atomic E-state index is -4.56. The normalized spacial score (nSPS) is 16.3. The average Bonchev–Trinajstić information content (AvgIpc) is 2.73. The van der Waals surface area contributed by atoms with Gasteiger partial charge in [-0.05, 0) is 11.5 Å². The highest BCUT2D eigenvalue weighted by molar-refractivity contribution is 7.89. The van der Waals surface area contributed by atoms with Gasteiger partial charge in [-0.2, -0.15) is 17.5 Å². The van der Waals surface area contributed by atoms with Crippen molar-refractivity contribution < 1.29 is 21.6 Å². The molecule has 0 unspecified atom stereocenters. The quantitative estimate of drug-likeness (QED) is 0.649. The molecule has 0 radical (unpaired) electrons. The number of nitrogens with zero attached hydrogens (tertiary/aromatic N) is 4. The van der Waals surface area contributed by atoms with Gasteiger partial charge >= 0.3 is 6.18 Å². The first-order valence-corrected chi connectivity index (χ1v) is 10.3. The van der Waals surface area contributed by atoms with E-state index in [0.717, 1.165) is 17.8 Å². The molecule has 3 aromatic rings. The summed E-state index contributed by atoms with van der Waals surface area (Å²) in [7, 11) is -3.73. The molecule has 0 saturated carbocycles. The summed E-state index contributed by atoms with van der Waals surface area (Å²) in [4.78, 5) is 9.03. The van der Waals surface area contributed by atoms with E-state index in [1.165, 1.54) is 4.31 Å². The van der Waals surface area contributed by atoms with Gasteiger partial charge in [0.1, 0.15) is 17.8 Å². The first-order chi connectivity index (χ1) is 13.8. The predicted octanol–water partition coefficient (Wildman–Crippen LogP) is 3.16. The van der Waals surface area contributed by atoms with E-state index in [-0.39, 0.29) is 36.9 Å². The van der Waals surface area contributed by atoms with Crippen LogP contribution < -0.4 is 4.90 Å². The van der Waals surface area contributed by atoms with Gasteiger partial charge in [-0.3, -0.25) is 0 Å². The molecule has 29 heavy (non-hydrogen) atoms. The third-order valence-electron chi connectivity index (χ3n) is 4.87. The van der Waals surface area contributed by atoms with Gasteiger partial charge < -0.3 is 4.90 Å². The van der Waals surface area contributed by atoms with Gasteiger partial charge in [-0.1, -0.05) is 36.4 Å². The highest BCUT2D eigenvalue weighted by Crippen LogP contribution is 2.30. The molecule has 0 N–H and O–H groups in total. The molecule has 1 fully saturated rings. The van der Waals surface area contributed by atoms with Crippen molar-refractivity contribution in [1.82, 2.24) is 14.3 Å². The van der Waals surface area contributed by atoms with Crippen LogP contribution in [0.3, 0.4) is 0 Å². The number of alkyl halides is 3. The van der Waals surface area contributed by atoms with Crippen LogP contribution in [0.1, 0.15) is 5.69 Å². The summed E-state index contributed by atoms with van der Waals surface area (Å²) in [5.74, 6) is 0.134. The van der Waals surface area contributed by atoms with Gasteiger partial charge in [-0.25, -0.2) is 18.4 Å². The summed E-state index contributed by atoms with van der Waals surface area (Å²) in [5.41, 5.74) is -1.02. The molecule has 0 bridgehead atoms. The van der Waals surface area contributed by atoms with Crippen LogP contribution >= 0.6 is 0 Å². The molecule has 2 heterocycles. The van der Waals surface area contributed by atoms with E-state index in [2.05, 4.69) is 9.97 Å². The zero-order valence-corrected chi connectivity index (χ0v) is 16.0. The number of halogens is 3. The van der Waals surface area contributed by atoms with Crippen molar-refractivity contribution in [2.45, 2.75) is 11.1 Å². The van der Waals surface area contributed by atoms with Crippen molar-refractivity contribution >= 4 is 26.6 Å². The highest BCUT2D eigenvalue weighted by atomic mass is 32.2. The fourth-order valence-corrected chi connectivity index (χ4v) is 5.03. The van der Waals surface area contributed by atoms with Crippen molar-refractivity contribution in [2.75, 3.05) is 31.1 Å². The lowest BCUT2D eigenvalue weighted by Gasteiger charge is -2.34. The number of benzene rings is 2. The molecule has 2 aromatic carbocycles. The van der Waals surface area contributed by atoms with Crippen LogP contribution in [0, 0.1) is 0 Å². The summed E-state index contributed by atoms with van der Waals surface area (Å²) >= 11 is 0. The summed E-state index contributed by atoms with van der Waals surface area (Å²) in [5, 5.41) is 1.47. The first-order valence-electron chi connectivity index (χ1n) is 8.89. The number of hydrogen-bond acceptors (Lipinski definition) is 5. The number of fused-ring (bicyclic) bond motifs is 1. The number of anilines is 1. The molecule has 1 aromatic heterocycles. The standard InChI is InChI=1S/C19H17F3N4O2S/c20-19(21,22)17-12-18(24-13-23-17)25-8-10-26(11-9-25)29(27,28)16-7-3-5-14-4-1-2-6-15(14)16/h1-7,12-13H,8-11H2. The summed E-state index contributed by atoms with van der Waals surface area (Å²) in [6, 6.07) is 13.2. The van der Waals surface area contributed by atoms with E-state index in [4.69, 9.17) is 0 Å². The molecule has 1 saturated heterocycles. The van der Waals surface area contributed by atoms with Crippen molar-refractivity contribution in [2.24, 2.45) is 0 Å². The van der Waals surface area contributed by atoms with Crippen LogP contribution in [0.2, 0.25) is 0 Å². The molecule has 152 valence electrons. The zero-order valence-electron chi connectivity index (χ0n) is 15.2. The Morgan fingerprint density at radius 2 is 1.59 bits per heavy atom. The summed E-state index contributed by atoms with van der Waals surface area (Å²) in [6.07, 6.45) is -3.69. The molecule has 0 amide bonds. The van der Waals surface area contributed by atoms with Crippen molar-refractivity contribution in [3.63, 3.8) is 0 Å². The van der Waals surface area contributed by atoms with Crippen LogP contribution in [0.15, 0.2) is 59.8 Å². The second-order valence-corrected chi connectivity index (χ2v) is 8.53. The second kappa shape index (κ2) is 7.27. The van der Waals surface area contributed by atoms with Crippen LogP contribution in [0.4, 0.5) is 19.0 Å². The lowest BCUT2D eigenvalue weighted by atomic mass is 10.1. The SMILES string of the molecule is O=S(=O)(c1cccc2ccccc12)N1CCN(c2cc(C(F)(F)F)ncn2)CC1. The Bertz CT molecular complexity index is 1140. The molecule has 1 aliphatic rings. The largest absolute Gasteiger partial charge is 0.433 e. The Morgan fingerprint density at radius 3 is 2.31 bits per heavy atom. The number of piperazine rings is 1. The maximum atomic E-state index is 13.2. The van der Waals surface area contributed by atoms with Gasteiger partial charge in [0.25, 0.3) is 0 Å². The Balaban J connectivity index is 1.55. The van der Waals surface area contributed by atoms with Gasteiger partial charge in [0.2, 0.25) is 10.0 Å². The van der Waals surface area contributed by atoms with E-state index in [1.807, 2.05) is 18.2 Å². The second-order valence-electron chi connectivity index (χ2n) is 6.63. The molecule has 0 spiro atoms. The lowest BCUT2D eigenvalue weighted by molar-refractivity contribution is -0.141. The molecule has 10 heteroatoms. The van der Waals surface area contributed by atoms with Crippen LogP contribution in [0.5, 0.6) is 0 Å². The Hall–Kier alpha value is -2.72. The predicted molar refractivity (Wildman–Crippen MR) is 102 cm³/mol.